The standard InChI is InChI=1S/C15H18N4OS/c1-21-15(17-11-16)18-13-8-4-3-7-12(13)14(20)19-9-5-2-6-10-19/h3-4,7-8H,2,5-6,9-10H2,1H3,(H,17,18). The maximum Gasteiger partial charge on any atom is 0.256 e. The molecule has 0 aromatic heterocycles. The van der Waals surface area contributed by atoms with Crippen LogP contribution >= 0.6 is 11.8 Å². The van der Waals surface area contributed by atoms with Crippen LogP contribution in [0.2, 0.25) is 0 Å². The Morgan fingerprint density at radius 3 is 2.71 bits per heavy atom. The number of amides is 1. The van der Waals surface area contributed by atoms with E-state index in [4.69, 9.17) is 5.26 Å². The van der Waals surface area contributed by atoms with Crippen molar-refractivity contribution < 1.29 is 4.79 Å². The van der Waals surface area contributed by atoms with Gasteiger partial charge in [0.05, 0.1) is 11.3 Å². The van der Waals surface area contributed by atoms with E-state index >= 15 is 0 Å². The number of nitriles is 1. The van der Waals surface area contributed by atoms with Crippen LogP contribution in [-0.4, -0.2) is 35.3 Å². The number of hydrogen-bond donors (Lipinski definition) is 1. The molecule has 110 valence electrons. The monoisotopic (exact) mass is 302 g/mol. The highest BCUT2D eigenvalue weighted by Gasteiger charge is 2.20. The Balaban J connectivity index is 2.28. The molecule has 0 bridgehead atoms. The summed E-state index contributed by atoms with van der Waals surface area (Å²) in [5.41, 5.74) is 1.19. The number of aliphatic imine (C=N–C) groups is 1. The highest BCUT2D eigenvalue weighted by molar-refractivity contribution is 8.13. The number of likely N-dealkylation sites (tertiary alicyclic amines) is 1. The summed E-state index contributed by atoms with van der Waals surface area (Å²) in [5, 5.41) is 11.7. The van der Waals surface area contributed by atoms with Gasteiger partial charge in [-0.15, -0.1) is 0 Å². The summed E-state index contributed by atoms with van der Waals surface area (Å²) in [6.07, 6.45) is 6.99. The maximum absolute atomic E-state index is 12.6. The number of carbonyl (C=O) groups excluding carboxylic acids is 1. The molecule has 1 saturated heterocycles. The summed E-state index contributed by atoms with van der Waals surface area (Å²) in [6, 6.07) is 7.27. The second kappa shape index (κ2) is 7.70. The number of rotatable bonds is 2. The third-order valence-electron chi connectivity index (χ3n) is 3.36. The number of nitrogens with one attached hydrogen (secondary N) is 1. The van der Waals surface area contributed by atoms with E-state index in [1.54, 1.807) is 12.1 Å². The largest absolute Gasteiger partial charge is 0.339 e. The molecule has 0 spiro atoms. The first-order valence-corrected chi connectivity index (χ1v) is 8.15. The van der Waals surface area contributed by atoms with Gasteiger partial charge < -0.3 is 4.90 Å². The number of para-hydroxylation sites is 1. The molecule has 0 atom stereocenters. The van der Waals surface area contributed by atoms with Gasteiger partial charge in [-0.1, -0.05) is 23.9 Å². The average Bonchev–Trinajstić information content (AvgIpc) is 2.55. The molecule has 1 aromatic rings. The minimum atomic E-state index is 0.0199. The van der Waals surface area contributed by atoms with Gasteiger partial charge >= 0.3 is 0 Å². The minimum absolute atomic E-state index is 0.0199. The number of carbonyl (C=O) groups is 1. The summed E-state index contributed by atoms with van der Waals surface area (Å²) < 4.78 is 0. The second-order valence-corrected chi connectivity index (χ2v) is 5.52. The van der Waals surface area contributed by atoms with Crippen molar-refractivity contribution in [1.29, 1.82) is 5.26 Å². The third-order valence-corrected chi connectivity index (χ3v) is 3.94. The van der Waals surface area contributed by atoms with Crippen molar-refractivity contribution in [3.63, 3.8) is 0 Å². The van der Waals surface area contributed by atoms with Crippen molar-refractivity contribution in [2.75, 3.05) is 19.3 Å². The lowest BCUT2D eigenvalue weighted by atomic mass is 10.1. The van der Waals surface area contributed by atoms with E-state index in [9.17, 15) is 4.79 Å². The Morgan fingerprint density at radius 1 is 1.33 bits per heavy atom. The molecule has 5 nitrogen and oxygen atoms in total. The normalized spacial score (nSPS) is 15.4. The molecule has 1 fully saturated rings. The molecule has 1 aliphatic heterocycles. The van der Waals surface area contributed by atoms with Gasteiger partial charge in [-0.3, -0.25) is 10.1 Å². The molecule has 6 heteroatoms. The molecule has 0 saturated carbocycles. The van der Waals surface area contributed by atoms with Crippen molar-refractivity contribution >= 4 is 28.5 Å². The fraction of sp³-hybridized carbons (Fsp3) is 0.400. The van der Waals surface area contributed by atoms with E-state index < -0.39 is 0 Å². The summed E-state index contributed by atoms with van der Waals surface area (Å²) >= 11 is 1.34. The van der Waals surface area contributed by atoms with E-state index in [1.165, 1.54) is 18.2 Å². The van der Waals surface area contributed by atoms with Crippen molar-refractivity contribution in [3.05, 3.63) is 29.8 Å². The molecular weight excluding hydrogens is 284 g/mol. The van der Waals surface area contributed by atoms with Crippen LogP contribution in [0, 0.1) is 11.5 Å². The zero-order chi connectivity index (χ0) is 15.1. The summed E-state index contributed by atoms with van der Waals surface area (Å²) in [4.78, 5) is 18.9. The molecule has 0 unspecified atom stereocenters. The fourth-order valence-corrected chi connectivity index (χ4v) is 2.64. The molecule has 0 radical (unpaired) electrons. The van der Waals surface area contributed by atoms with Gasteiger partial charge in [0.15, 0.2) is 11.4 Å². The lowest BCUT2D eigenvalue weighted by Gasteiger charge is -2.27. The van der Waals surface area contributed by atoms with E-state index in [0.29, 0.717) is 16.4 Å². The Morgan fingerprint density at radius 2 is 2.05 bits per heavy atom. The first-order valence-electron chi connectivity index (χ1n) is 6.92. The fourth-order valence-electron chi connectivity index (χ4n) is 2.30. The predicted octanol–water partition coefficient (Wildman–Crippen LogP) is 2.73. The maximum atomic E-state index is 12.6. The van der Waals surface area contributed by atoms with E-state index in [-0.39, 0.29) is 5.91 Å². The lowest BCUT2D eigenvalue weighted by Crippen LogP contribution is -2.35. The molecular formula is C15H18N4OS. The molecule has 21 heavy (non-hydrogen) atoms. The molecule has 1 heterocycles. The van der Waals surface area contributed by atoms with Crippen molar-refractivity contribution in [2.24, 2.45) is 4.99 Å². The SMILES string of the molecule is CSC(=Nc1ccccc1C(=O)N1CCCCC1)NC#N. The first-order chi connectivity index (χ1) is 10.3. The van der Waals surface area contributed by atoms with Crippen molar-refractivity contribution in [3.8, 4) is 6.19 Å². The number of amidine groups is 1. The Bertz CT molecular complexity index is 573. The van der Waals surface area contributed by atoms with E-state index in [1.807, 2.05) is 29.5 Å². The number of nitrogens with zero attached hydrogens (tertiary/aromatic N) is 3. The van der Waals surface area contributed by atoms with Gasteiger partial charge in [0.1, 0.15) is 0 Å². The zero-order valence-corrected chi connectivity index (χ0v) is 12.8. The van der Waals surface area contributed by atoms with Crippen LogP contribution in [0.1, 0.15) is 29.6 Å². The van der Waals surface area contributed by atoms with Crippen LogP contribution < -0.4 is 5.32 Å². The van der Waals surface area contributed by atoms with E-state index in [2.05, 4.69) is 10.3 Å². The van der Waals surface area contributed by atoms with Gasteiger partial charge in [0.25, 0.3) is 5.91 Å². The van der Waals surface area contributed by atoms with E-state index in [0.717, 1.165) is 25.9 Å². The van der Waals surface area contributed by atoms with Gasteiger partial charge in [-0.25, -0.2) is 4.99 Å². The zero-order valence-electron chi connectivity index (χ0n) is 12.0. The number of piperidine rings is 1. The van der Waals surface area contributed by atoms with Crippen molar-refractivity contribution in [1.82, 2.24) is 10.2 Å². The smallest absolute Gasteiger partial charge is 0.256 e. The van der Waals surface area contributed by atoms with Crippen LogP contribution in [0.25, 0.3) is 0 Å². The number of hydrogen-bond acceptors (Lipinski definition) is 4. The summed E-state index contributed by atoms with van der Waals surface area (Å²) in [5.74, 6) is 0.0199. The Labute approximate surface area is 129 Å². The summed E-state index contributed by atoms with van der Waals surface area (Å²) in [6.45, 7) is 1.62. The predicted molar refractivity (Wildman–Crippen MR) is 85.6 cm³/mol. The van der Waals surface area contributed by atoms with Crippen LogP contribution in [-0.2, 0) is 0 Å². The number of thioether (sulfide) groups is 1. The summed E-state index contributed by atoms with van der Waals surface area (Å²) in [7, 11) is 0. The molecule has 2 rings (SSSR count). The van der Waals surface area contributed by atoms with Gasteiger partial charge in [0, 0.05) is 13.1 Å². The van der Waals surface area contributed by atoms with Gasteiger partial charge in [0.2, 0.25) is 0 Å². The van der Waals surface area contributed by atoms with Crippen LogP contribution in [0.5, 0.6) is 0 Å². The van der Waals surface area contributed by atoms with Crippen LogP contribution in [0.15, 0.2) is 29.3 Å². The first kappa shape index (κ1) is 15.4. The highest BCUT2D eigenvalue weighted by atomic mass is 32.2. The van der Waals surface area contributed by atoms with Gasteiger partial charge in [-0.05, 0) is 37.7 Å². The topological polar surface area (TPSA) is 68.5 Å². The molecule has 1 aliphatic rings. The van der Waals surface area contributed by atoms with Gasteiger partial charge in [-0.2, -0.15) is 5.26 Å². The van der Waals surface area contributed by atoms with Crippen molar-refractivity contribution in [2.45, 2.75) is 19.3 Å². The molecule has 1 N–H and O–H groups in total. The molecule has 1 aromatic carbocycles. The third kappa shape index (κ3) is 3.99. The second-order valence-electron chi connectivity index (χ2n) is 4.73. The molecule has 0 aliphatic carbocycles. The quantitative estimate of drug-likeness (QED) is 0.395. The Kier molecular flexibility index (Phi) is 5.64. The minimum Gasteiger partial charge on any atom is -0.339 e. The Hall–Kier alpha value is -2.00. The number of benzene rings is 1. The highest BCUT2D eigenvalue weighted by Crippen LogP contribution is 2.23. The van der Waals surface area contributed by atoms with Crippen LogP contribution in [0.3, 0.4) is 0 Å². The lowest BCUT2D eigenvalue weighted by molar-refractivity contribution is 0.0725. The average molecular weight is 302 g/mol. The van der Waals surface area contributed by atoms with Crippen LogP contribution in [0.4, 0.5) is 5.69 Å². The molecule has 1 amide bonds.